The standard InChI is InChI=1S/C14H23N5O/c1-18(14(20)5-4-11-6-7-15-9-11)10-13-17-16-12-3-2-8-19(12)13/h11,15H,2-10H2,1H3. The van der Waals surface area contributed by atoms with Crippen molar-refractivity contribution in [2.45, 2.75) is 45.2 Å². The van der Waals surface area contributed by atoms with Gasteiger partial charge in [-0.05, 0) is 38.3 Å². The number of hydrogen-bond donors (Lipinski definition) is 1. The molecule has 1 atom stereocenters. The maximum atomic E-state index is 12.2. The second kappa shape index (κ2) is 5.91. The number of nitrogens with one attached hydrogen (secondary N) is 1. The van der Waals surface area contributed by atoms with Gasteiger partial charge in [0.2, 0.25) is 5.91 Å². The number of rotatable bonds is 5. The van der Waals surface area contributed by atoms with E-state index in [1.807, 2.05) is 7.05 Å². The maximum Gasteiger partial charge on any atom is 0.222 e. The van der Waals surface area contributed by atoms with E-state index in [1.165, 1.54) is 6.42 Å². The second-order valence-corrected chi connectivity index (χ2v) is 5.93. The Morgan fingerprint density at radius 1 is 1.50 bits per heavy atom. The number of fused-ring (bicyclic) bond motifs is 1. The van der Waals surface area contributed by atoms with Crippen LogP contribution in [-0.4, -0.2) is 45.7 Å². The summed E-state index contributed by atoms with van der Waals surface area (Å²) < 4.78 is 2.16. The van der Waals surface area contributed by atoms with Crippen LogP contribution >= 0.6 is 0 Å². The van der Waals surface area contributed by atoms with E-state index in [0.717, 1.165) is 50.5 Å². The molecule has 1 N–H and O–H groups in total. The van der Waals surface area contributed by atoms with Gasteiger partial charge in [-0.25, -0.2) is 0 Å². The third-order valence-corrected chi connectivity index (χ3v) is 4.42. The number of aryl methyl sites for hydroxylation is 1. The van der Waals surface area contributed by atoms with Crippen molar-refractivity contribution in [2.24, 2.45) is 5.92 Å². The van der Waals surface area contributed by atoms with Gasteiger partial charge in [-0.2, -0.15) is 0 Å². The molecule has 20 heavy (non-hydrogen) atoms. The van der Waals surface area contributed by atoms with Crippen LogP contribution in [0.1, 0.15) is 37.3 Å². The van der Waals surface area contributed by atoms with Crippen molar-refractivity contribution < 1.29 is 4.79 Å². The van der Waals surface area contributed by atoms with E-state index in [9.17, 15) is 4.79 Å². The largest absolute Gasteiger partial charge is 0.338 e. The van der Waals surface area contributed by atoms with Crippen LogP contribution in [0, 0.1) is 5.92 Å². The van der Waals surface area contributed by atoms with E-state index in [0.29, 0.717) is 18.9 Å². The molecule has 0 bridgehead atoms. The first-order chi connectivity index (χ1) is 9.74. The molecule has 6 heteroatoms. The highest BCUT2D eigenvalue weighted by Crippen LogP contribution is 2.17. The molecule has 1 aromatic heterocycles. The molecule has 0 radical (unpaired) electrons. The Kier molecular flexibility index (Phi) is 4.00. The van der Waals surface area contributed by atoms with Gasteiger partial charge in [0.1, 0.15) is 5.82 Å². The summed E-state index contributed by atoms with van der Waals surface area (Å²) in [5.74, 6) is 2.88. The molecule has 6 nitrogen and oxygen atoms in total. The summed E-state index contributed by atoms with van der Waals surface area (Å²) in [4.78, 5) is 14.0. The first-order valence-electron chi connectivity index (χ1n) is 7.59. The molecule has 1 unspecified atom stereocenters. The van der Waals surface area contributed by atoms with Crippen molar-refractivity contribution in [1.82, 2.24) is 25.0 Å². The monoisotopic (exact) mass is 277 g/mol. The van der Waals surface area contributed by atoms with E-state index >= 15 is 0 Å². The van der Waals surface area contributed by atoms with Crippen LogP contribution in [0.15, 0.2) is 0 Å². The molecule has 3 heterocycles. The van der Waals surface area contributed by atoms with Gasteiger partial charge in [-0.15, -0.1) is 10.2 Å². The Morgan fingerprint density at radius 2 is 2.40 bits per heavy atom. The lowest BCUT2D eigenvalue weighted by atomic mass is 10.0. The average molecular weight is 277 g/mol. The van der Waals surface area contributed by atoms with Crippen molar-refractivity contribution in [1.29, 1.82) is 0 Å². The van der Waals surface area contributed by atoms with Gasteiger partial charge in [-0.3, -0.25) is 4.79 Å². The Hall–Kier alpha value is -1.43. The SMILES string of the molecule is CN(Cc1nnc2n1CCC2)C(=O)CCC1CCNC1. The quantitative estimate of drug-likeness (QED) is 0.855. The first-order valence-corrected chi connectivity index (χ1v) is 7.59. The van der Waals surface area contributed by atoms with E-state index in [2.05, 4.69) is 20.1 Å². The predicted octanol–water partition coefficient (Wildman–Crippen LogP) is 0.572. The minimum absolute atomic E-state index is 0.215. The van der Waals surface area contributed by atoms with Crippen molar-refractivity contribution in [3.63, 3.8) is 0 Å². The van der Waals surface area contributed by atoms with Crippen LogP contribution in [0.3, 0.4) is 0 Å². The van der Waals surface area contributed by atoms with Crippen LogP contribution in [0.5, 0.6) is 0 Å². The highest BCUT2D eigenvalue weighted by molar-refractivity contribution is 5.75. The predicted molar refractivity (Wildman–Crippen MR) is 75.0 cm³/mol. The van der Waals surface area contributed by atoms with Crippen LogP contribution < -0.4 is 5.32 Å². The van der Waals surface area contributed by atoms with Gasteiger partial charge in [0.05, 0.1) is 6.54 Å². The third kappa shape index (κ3) is 2.85. The highest BCUT2D eigenvalue weighted by Gasteiger charge is 2.21. The molecular formula is C14H23N5O. The maximum absolute atomic E-state index is 12.2. The second-order valence-electron chi connectivity index (χ2n) is 5.93. The lowest BCUT2D eigenvalue weighted by Gasteiger charge is -2.17. The first kappa shape index (κ1) is 13.5. The molecule has 1 saturated heterocycles. The Balaban J connectivity index is 1.50. The van der Waals surface area contributed by atoms with Crippen LogP contribution in [0.25, 0.3) is 0 Å². The lowest BCUT2D eigenvalue weighted by molar-refractivity contribution is -0.130. The molecule has 0 spiro atoms. The molecule has 1 aromatic rings. The van der Waals surface area contributed by atoms with Crippen LogP contribution in [0.4, 0.5) is 0 Å². The van der Waals surface area contributed by atoms with Crippen molar-refractivity contribution >= 4 is 5.91 Å². The van der Waals surface area contributed by atoms with E-state index < -0.39 is 0 Å². The number of amides is 1. The zero-order chi connectivity index (χ0) is 13.9. The van der Waals surface area contributed by atoms with Gasteiger partial charge < -0.3 is 14.8 Å². The van der Waals surface area contributed by atoms with Crippen molar-refractivity contribution in [2.75, 3.05) is 20.1 Å². The fraction of sp³-hybridized carbons (Fsp3) is 0.786. The molecular weight excluding hydrogens is 254 g/mol. The molecule has 1 fully saturated rings. The fourth-order valence-corrected chi connectivity index (χ4v) is 3.11. The summed E-state index contributed by atoms with van der Waals surface area (Å²) in [6.07, 6.45) is 5.00. The number of carbonyl (C=O) groups excluding carboxylic acids is 1. The van der Waals surface area contributed by atoms with Gasteiger partial charge >= 0.3 is 0 Å². The van der Waals surface area contributed by atoms with Gasteiger partial charge in [0.25, 0.3) is 0 Å². The zero-order valence-electron chi connectivity index (χ0n) is 12.1. The number of nitrogens with zero attached hydrogens (tertiary/aromatic N) is 4. The summed E-state index contributed by atoms with van der Waals surface area (Å²) in [7, 11) is 1.87. The van der Waals surface area contributed by atoms with Gasteiger partial charge in [0.15, 0.2) is 5.82 Å². The molecule has 0 aliphatic carbocycles. The van der Waals surface area contributed by atoms with E-state index in [4.69, 9.17) is 0 Å². The van der Waals surface area contributed by atoms with Crippen molar-refractivity contribution in [3.8, 4) is 0 Å². The number of carbonyl (C=O) groups is 1. The van der Waals surface area contributed by atoms with Crippen LogP contribution in [-0.2, 0) is 24.3 Å². The topological polar surface area (TPSA) is 63.1 Å². The highest BCUT2D eigenvalue weighted by atomic mass is 16.2. The Morgan fingerprint density at radius 3 is 3.20 bits per heavy atom. The molecule has 110 valence electrons. The van der Waals surface area contributed by atoms with E-state index in [-0.39, 0.29) is 5.91 Å². The Labute approximate surface area is 119 Å². The summed E-state index contributed by atoms with van der Waals surface area (Å²) >= 11 is 0. The number of aromatic nitrogens is 3. The molecule has 2 aliphatic rings. The minimum Gasteiger partial charge on any atom is -0.338 e. The number of hydrogen-bond acceptors (Lipinski definition) is 4. The molecule has 0 aromatic carbocycles. The van der Waals surface area contributed by atoms with Crippen LogP contribution in [0.2, 0.25) is 0 Å². The normalized spacial score (nSPS) is 21.1. The summed E-state index contributed by atoms with van der Waals surface area (Å²) in [6, 6.07) is 0. The molecule has 2 aliphatic heterocycles. The summed E-state index contributed by atoms with van der Waals surface area (Å²) in [6.45, 7) is 3.73. The summed E-state index contributed by atoms with van der Waals surface area (Å²) in [5, 5.41) is 11.7. The smallest absolute Gasteiger partial charge is 0.222 e. The zero-order valence-corrected chi connectivity index (χ0v) is 12.1. The molecule has 1 amide bonds. The lowest BCUT2D eigenvalue weighted by Crippen LogP contribution is -2.28. The van der Waals surface area contributed by atoms with E-state index in [1.54, 1.807) is 4.90 Å². The average Bonchev–Trinajstić information content (AvgIpc) is 3.15. The molecule has 3 rings (SSSR count). The Bertz CT molecular complexity index is 478. The summed E-state index contributed by atoms with van der Waals surface area (Å²) in [5.41, 5.74) is 0. The minimum atomic E-state index is 0.215. The third-order valence-electron chi connectivity index (χ3n) is 4.42. The van der Waals surface area contributed by atoms with Crippen molar-refractivity contribution in [3.05, 3.63) is 11.6 Å². The molecule has 0 saturated carbocycles. The van der Waals surface area contributed by atoms with Gasteiger partial charge in [0, 0.05) is 26.4 Å². The van der Waals surface area contributed by atoms with Gasteiger partial charge in [-0.1, -0.05) is 0 Å². The fourth-order valence-electron chi connectivity index (χ4n) is 3.11.